The molecule has 3 nitrogen and oxygen atoms in total. The van der Waals surface area contributed by atoms with Crippen LogP contribution in [-0.2, 0) is 0 Å². The summed E-state index contributed by atoms with van der Waals surface area (Å²) in [6, 6.07) is 1.62. The highest BCUT2D eigenvalue weighted by molar-refractivity contribution is 4.95. The van der Waals surface area contributed by atoms with Gasteiger partial charge >= 0.3 is 0 Å². The molecule has 3 atom stereocenters. The van der Waals surface area contributed by atoms with Crippen molar-refractivity contribution in [3.05, 3.63) is 0 Å². The predicted molar refractivity (Wildman–Crippen MR) is 66.5 cm³/mol. The van der Waals surface area contributed by atoms with Gasteiger partial charge in [0.25, 0.3) is 0 Å². The molecule has 0 aliphatic carbocycles. The van der Waals surface area contributed by atoms with E-state index in [0.717, 1.165) is 6.04 Å². The largest absolute Gasteiger partial charge is 0.395 e. The van der Waals surface area contributed by atoms with E-state index in [1.165, 1.54) is 38.8 Å². The summed E-state index contributed by atoms with van der Waals surface area (Å²) < 4.78 is 0. The Bertz CT molecular complexity index is 220. The number of hydrogen-bond acceptors (Lipinski definition) is 3. The topological polar surface area (TPSA) is 35.5 Å². The fourth-order valence-electron chi connectivity index (χ4n) is 3.17. The molecular weight excluding hydrogens is 200 g/mol. The summed E-state index contributed by atoms with van der Waals surface area (Å²) >= 11 is 0. The van der Waals surface area contributed by atoms with Gasteiger partial charge in [-0.1, -0.05) is 20.3 Å². The first-order chi connectivity index (χ1) is 7.72. The minimum Gasteiger partial charge on any atom is -0.395 e. The van der Waals surface area contributed by atoms with Gasteiger partial charge < -0.3 is 10.4 Å². The van der Waals surface area contributed by atoms with E-state index in [1.54, 1.807) is 0 Å². The van der Waals surface area contributed by atoms with E-state index in [1.807, 2.05) is 0 Å². The summed E-state index contributed by atoms with van der Waals surface area (Å²) in [6.07, 6.45) is 5.35. The molecule has 2 saturated heterocycles. The van der Waals surface area contributed by atoms with Gasteiger partial charge in [-0.05, 0) is 31.7 Å². The van der Waals surface area contributed by atoms with Crippen molar-refractivity contribution < 1.29 is 5.11 Å². The van der Waals surface area contributed by atoms with Gasteiger partial charge in [-0.3, -0.25) is 4.90 Å². The van der Waals surface area contributed by atoms with Crippen molar-refractivity contribution in [1.29, 1.82) is 0 Å². The van der Waals surface area contributed by atoms with Crippen molar-refractivity contribution >= 4 is 0 Å². The highest BCUT2D eigenvalue weighted by Crippen LogP contribution is 2.27. The molecule has 0 amide bonds. The molecule has 3 heteroatoms. The lowest BCUT2D eigenvalue weighted by atomic mass is 9.96. The van der Waals surface area contributed by atoms with E-state index in [0.29, 0.717) is 12.0 Å². The molecule has 2 rings (SSSR count). The minimum absolute atomic E-state index is 0.265. The number of piperidine rings is 1. The highest BCUT2D eigenvalue weighted by atomic mass is 16.3. The Balaban J connectivity index is 1.89. The molecule has 0 aromatic carbocycles. The second kappa shape index (κ2) is 5.48. The summed E-state index contributed by atoms with van der Waals surface area (Å²) in [6.45, 7) is 7.16. The number of aliphatic hydroxyl groups excluding tert-OH is 1. The standard InChI is InChI=1S/C13H26N2O/c1-10(2)12(9-16)14-11-6-8-15-7-4-3-5-13(11)15/h10-14,16H,3-9H2,1-2H3/t11?,12-,13?/m1/s1. The van der Waals surface area contributed by atoms with Gasteiger partial charge in [0, 0.05) is 24.7 Å². The van der Waals surface area contributed by atoms with Gasteiger partial charge in [-0.25, -0.2) is 0 Å². The van der Waals surface area contributed by atoms with Gasteiger partial charge in [0.05, 0.1) is 6.61 Å². The molecule has 94 valence electrons. The molecule has 2 aliphatic heterocycles. The average Bonchev–Trinajstić information content (AvgIpc) is 2.69. The second-order valence-corrected chi connectivity index (χ2v) is 5.69. The Hall–Kier alpha value is -0.120. The van der Waals surface area contributed by atoms with E-state index < -0.39 is 0 Å². The van der Waals surface area contributed by atoms with Crippen LogP contribution in [0.1, 0.15) is 39.5 Å². The summed E-state index contributed by atoms with van der Waals surface area (Å²) in [5.74, 6) is 0.516. The zero-order valence-corrected chi connectivity index (χ0v) is 10.7. The Morgan fingerprint density at radius 1 is 1.25 bits per heavy atom. The van der Waals surface area contributed by atoms with Crippen LogP contribution in [0.5, 0.6) is 0 Å². The maximum absolute atomic E-state index is 9.38. The summed E-state index contributed by atoms with van der Waals surface area (Å²) in [4.78, 5) is 2.63. The molecule has 0 saturated carbocycles. The first-order valence-electron chi connectivity index (χ1n) is 6.83. The Morgan fingerprint density at radius 3 is 2.75 bits per heavy atom. The van der Waals surface area contributed by atoms with Gasteiger partial charge in [-0.15, -0.1) is 0 Å². The Morgan fingerprint density at radius 2 is 2.06 bits per heavy atom. The molecule has 2 heterocycles. The minimum atomic E-state index is 0.265. The maximum atomic E-state index is 9.38. The normalized spacial score (nSPS) is 33.0. The van der Waals surface area contributed by atoms with E-state index >= 15 is 0 Å². The van der Waals surface area contributed by atoms with Crippen LogP contribution in [0.3, 0.4) is 0 Å². The first-order valence-corrected chi connectivity index (χ1v) is 6.83. The Kier molecular flexibility index (Phi) is 4.22. The van der Waals surface area contributed by atoms with Crippen molar-refractivity contribution in [3.63, 3.8) is 0 Å². The summed E-state index contributed by atoms with van der Waals surface area (Å²) in [7, 11) is 0. The van der Waals surface area contributed by atoms with E-state index in [2.05, 4.69) is 24.1 Å². The molecule has 0 spiro atoms. The molecule has 2 N–H and O–H groups in total. The fourth-order valence-corrected chi connectivity index (χ4v) is 3.17. The average molecular weight is 226 g/mol. The third-order valence-electron chi connectivity index (χ3n) is 4.29. The van der Waals surface area contributed by atoms with Gasteiger partial charge in [-0.2, -0.15) is 0 Å². The zero-order chi connectivity index (χ0) is 11.5. The van der Waals surface area contributed by atoms with E-state index in [9.17, 15) is 5.11 Å². The number of nitrogens with one attached hydrogen (secondary N) is 1. The van der Waals surface area contributed by atoms with E-state index in [-0.39, 0.29) is 12.6 Å². The molecule has 0 aromatic rings. The highest BCUT2D eigenvalue weighted by Gasteiger charge is 2.36. The molecule has 0 radical (unpaired) electrons. The number of aliphatic hydroxyl groups is 1. The number of fused-ring (bicyclic) bond motifs is 1. The smallest absolute Gasteiger partial charge is 0.0587 e. The second-order valence-electron chi connectivity index (χ2n) is 5.69. The quantitative estimate of drug-likeness (QED) is 0.756. The summed E-state index contributed by atoms with van der Waals surface area (Å²) in [5, 5.41) is 13.0. The van der Waals surface area contributed by atoms with Crippen molar-refractivity contribution in [3.8, 4) is 0 Å². The third-order valence-corrected chi connectivity index (χ3v) is 4.29. The zero-order valence-electron chi connectivity index (χ0n) is 10.7. The lowest BCUT2D eigenvalue weighted by Crippen LogP contribution is -2.50. The lowest BCUT2D eigenvalue weighted by Gasteiger charge is -2.34. The van der Waals surface area contributed by atoms with E-state index in [4.69, 9.17) is 0 Å². The van der Waals surface area contributed by atoms with Gasteiger partial charge in [0.1, 0.15) is 0 Å². The molecule has 2 unspecified atom stereocenters. The number of nitrogens with zero attached hydrogens (tertiary/aromatic N) is 1. The van der Waals surface area contributed by atoms with Crippen molar-refractivity contribution in [2.75, 3.05) is 19.7 Å². The molecule has 16 heavy (non-hydrogen) atoms. The van der Waals surface area contributed by atoms with Crippen LogP contribution >= 0.6 is 0 Å². The molecule has 2 fully saturated rings. The molecular formula is C13H26N2O. The lowest BCUT2D eigenvalue weighted by molar-refractivity contribution is 0.154. The van der Waals surface area contributed by atoms with Crippen LogP contribution in [0, 0.1) is 5.92 Å². The molecule has 0 bridgehead atoms. The van der Waals surface area contributed by atoms with Gasteiger partial charge in [0.15, 0.2) is 0 Å². The molecule has 0 aromatic heterocycles. The number of hydrogen-bond donors (Lipinski definition) is 2. The van der Waals surface area contributed by atoms with Crippen molar-refractivity contribution in [2.24, 2.45) is 5.92 Å². The first kappa shape index (κ1) is 12.3. The van der Waals surface area contributed by atoms with Crippen molar-refractivity contribution in [2.45, 2.75) is 57.7 Å². The Labute approximate surface area is 99.2 Å². The monoisotopic (exact) mass is 226 g/mol. The van der Waals surface area contributed by atoms with Crippen LogP contribution in [0.2, 0.25) is 0 Å². The van der Waals surface area contributed by atoms with Crippen molar-refractivity contribution in [1.82, 2.24) is 10.2 Å². The predicted octanol–water partition coefficient (Wildman–Crippen LogP) is 1.22. The molecule has 2 aliphatic rings. The van der Waals surface area contributed by atoms with Crippen LogP contribution in [0.4, 0.5) is 0 Å². The summed E-state index contributed by atoms with van der Waals surface area (Å²) in [5.41, 5.74) is 0. The fraction of sp³-hybridized carbons (Fsp3) is 1.00. The SMILES string of the molecule is CC(C)[C@@H](CO)NC1CCN2CCCCC12. The van der Waals surface area contributed by atoms with Gasteiger partial charge in [0.2, 0.25) is 0 Å². The van der Waals surface area contributed by atoms with Crippen LogP contribution < -0.4 is 5.32 Å². The van der Waals surface area contributed by atoms with Crippen LogP contribution in [0.15, 0.2) is 0 Å². The maximum Gasteiger partial charge on any atom is 0.0587 e. The number of rotatable bonds is 4. The van der Waals surface area contributed by atoms with Crippen LogP contribution in [-0.4, -0.2) is 47.8 Å². The van der Waals surface area contributed by atoms with Crippen LogP contribution in [0.25, 0.3) is 0 Å². The third kappa shape index (κ3) is 2.58.